The molecule has 0 amide bonds. The second kappa shape index (κ2) is 13.1. The molecule has 8 heteroatoms. The molecule has 0 radical (unpaired) electrons. The number of nitrogens with zero attached hydrogens (tertiary/aromatic N) is 2. The van der Waals surface area contributed by atoms with Crippen molar-refractivity contribution < 1.29 is 14.3 Å². The Hall–Kier alpha value is -1.22. The SMILES string of the molecule is CCNC(=NCc1ccc(Cl)cc1OCC)N1CCC(C(=O)OCC)CC1.I. The van der Waals surface area contributed by atoms with Crippen LogP contribution in [0, 0.1) is 5.92 Å². The van der Waals surface area contributed by atoms with Crippen molar-refractivity contribution in [3.8, 4) is 5.75 Å². The third-order valence-electron chi connectivity index (χ3n) is 4.48. The summed E-state index contributed by atoms with van der Waals surface area (Å²) in [5.74, 6) is 1.54. The first-order chi connectivity index (χ1) is 13.1. The Morgan fingerprint density at radius 1 is 1.25 bits per heavy atom. The Morgan fingerprint density at radius 3 is 2.57 bits per heavy atom. The minimum Gasteiger partial charge on any atom is -0.493 e. The van der Waals surface area contributed by atoms with E-state index in [0.717, 1.165) is 49.7 Å². The van der Waals surface area contributed by atoms with Gasteiger partial charge < -0.3 is 19.7 Å². The van der Waals surface area contributed by atoms with E-state index in [1.807, 2.05) is 32.0 Å². The fourth-order valence-electron chi connectivity index (χ4n) is 3.12. The zero-order valence-electron chi connectivity index (χ0n) is 16.9. The van der Waals surface area contributed by atoms with Gasteiger partial charge in [-0.2, -0.15) is 0 Å². The van der Waals surface area contributed by atoms with Crippen molar-refractivity contribution in [2.75, 3.05) is 32.8 Å². The maximum atomic E-state index is 11.9. The predicted octanol–water partition coefficient (Wildman–Crippen LogP) is 4.10. The number of ether oxygens (including phenoxy) is 2. The molecule has 1 saturated heterocycles. The highest BCUT2D eigenvalue weighted by Crippen LogP contribution is 2.25. The van der Waals surface area contributed by atoms with Crippen LogP contribution in [0.25, 0.3) is 0 Å². The number of likely N-dealkylation sites (tertiary alicyclic amines) is 1. The zero-order chi connectivity index (χ0) is 19.6. The van der Waals surface area contributed by atoms with Crippen molar-refractivity contribution in [1.82, 2.24) is 10.2 Å². The lowest BCUT2D eigenvalue weighted by molar-refractivity contribution is -0.149. The van der Waals surface area contributed by atoms with Gasteiger partial charge in [0.15, 0.2) is 5.96 Å². The van der Waals surface area contributed by atoms with Crippen LogP contribution in [0.1, 0.15) is 39.2 Å². The Balaban J connectivity index is 0.00000392. The largest absolute Gasteiger partial charge is 0.493 e. The number of rotatable bonds is 7. The molecule has 1 N–H and O–H groups in total. The summed E-state index contributed by atoms with van der Waals surface area (Å²) in [6, 6.07) is 5.63. The van der Waals surface area contributed by atoms with E-state index < -0.39 is 0 Å². The molecule has 1 fully saturated rings. The van der Waals surface area contributed by atoms with Crippen molar-refractivity contribution in [3.63, 3.8) is 0 Å². The fourth-order valence-corrected chi connectivity index (χ4v) is 3.28. The molecule has 0 saturated carbocycles. The molecule has 158 valence electrons. The van der Waals surface area contributed by atoms with Gasteiger partial charge in [0.2, 0.25) is 0 Å². The van der Waals surface area contributed by atoms with E-state index in [9.17, 15) is 4.79 Å². The Kier molecular flexibility index (Phi) is 11.6. The smallest absolute Gasteiger partial charge is 0.309 e. The first kappa shape index (κ1) is 24.8. The highest BCUT2D eigenvalue weighted by molar-refractivity contribution is 14.0. The zero-order valence-corrected chi connectivity index (χ0v) is 20.0. The van der Waals surface area contributed by atoms with Gasteiger partial charge in [0.05, 0.1) is 25.7 Å². The highest BCUT2D eigenvalue weighted by atomic mass is 127. The van der Waals surface area contributed by atoms with E-state index in [-0.39, 0.29) is 35.9 Å². The van der Waals surface area contributed by atoms with Gasteiger partial charge in [0, 0.05) is 30.2 Å². The lowest BCUT2D eigenvalue weighted by atomic mass is 9.97. The number of hydrogen-bond acceptors (Lipinski definition) is 4. The van der Waals surface area contributed by atoms with Crippen molar-refractivity contribution in [1.29, 1.82) is 0 Å². The molecule has 1 aromatic rings. The van der Waals surface area contributed by atoms with Gasteiger partial charge in [0.1, 0.15) is 5.75 Å². The number of piperidine rings is 1. The maximum Gasteiger partial charge on any atom is 0.309 e. The van der Waals surface area contributed by atoms with E-state index >= 15 is 0 Å². The summed E-state index contributed by atoms with van der Waals surface area (Å²) < 4.78 is 10.8. The monoisotopic (exact) mass is 523 g/mol. The average Bonchev–Trinajstić information content (AvgIpc) is 2.67. The van der Waals surface area contributed by atoms with Crippen LogP contribution in [-0.2, 0) is 16.1 Å². The molecule has 2 rings (SSSR count). The van der Waals surface area contributed by atoms with Gasteiger partial charge in [-0.05, 0) is 45.7 Å². The Bertz CT molecular complexity index is 650. The third kappa shape index (κ3) is 7.31. The number of benzene rings is 1. The van der Waals surface area contributed by atoms with Crippen molar-refractivity contribution in [2.45, 2.75) is 40.2 Å². The first-order valence-corrected chi connectivity index (χ1v) is 10.1. The molecule has 1 aliphatic heterocycles. The number of carbonyl (C=O) groups excluding carboxylic acids is 1. The molecule has 1 aliphatic rings. The van der Waals surface area contributed by atoms with Crippen LogP contribution < -0.4 is 10.1 Å². The predicted molar refractivity (Wildman–Crippen MR) is 124 cm³/mol. The molecule has 1 aromatic carbocycles. The molecular formula is C20H31ClIN3O3. The number of carbonyl (C=O) groups is 1. The van der Waals surface area contributed by atoms with Crippen LogP contribution in [-0.4, -0.2) is 49.7 Å². The molecule has 0 unspecified atom stereocenters. The summed E-state index contributed by atoms with van der Waals surface area (Å²) in [7, 11) is 0. The van der Waals surface area contributed by atoms with Crippen LogP contribution in [0.15, 0.2) is 23.2 Å². The molecule has 0 bridgehead atoms. The Morgan fingerprint density at radius 2 is 1.96 bits per heavy atom. The maximum absolute atomic E-state index is 11.9. The number of aliphatic imine (C=N–C) groups is 1. The van der Waals surface area contributed by atoms with Crippen molar-refractivity contribution in [3.05, 3.63) is 28.8 Å². The minimum absolute atomic E-state index is 0. The van der Waals surface area contributed by atoms with Gasteiger partial charge in [-0.25, -0.2) is 4.99 Å². The molecule has 0 atom stereocenters. The standard InChI is InChI=1S/C20H30ClN3O3.HI/c1-4-22-20(24-11-9-15(10-12-24)19(25)27-6-3)23-14-16-7-8-17(21)13-18(16)26-5-2;/h7-8,13,15H,4-6,9-12,14H2,1-3H3,(H,22,23);1H. The van der Waals surface area contributed by atoms with Gasteiger partial charge in [-0.15, -0.1) is 24.0 Å². The summed E-state index contributed by atoms with van der Waals surface area (Å²) in [6.07, 6.45) is 1.57. The summed E-state index contributed by atoms with van der Waals surface area (Å²) in [5.41, 5.74) is 0.998. The minimum atomic E-state index is -0.0818. The van der Waals surface area contributed by atoms with Crippen molar-refractivity contribution in [2.24, 2.45) is 10.9 Å². The molecule has 1 heterocycles. The van der Waals surface area contributed by atoms with Gasteiger partial charge >= 0.3 is 5.97 Å². The third-order valence-corrected chi connectivity index (χ3v) is 4.71. The van der Waals surface area contributed by atoms with Crippen LogP contribution >= 0.6 is 35.6 Å². The second-order valence-corrected chi connectivity index (χ2v) is 6.81. The van der Waals surface area contributed by atoms with Gasteiger partial charge in [0.25, 0.3) is 0 Å². The van der Waals surface area contributed by atoms with Gasteiger partial charge in [-0.3, -0.25) is 4.79 Å². The fraction of sp³-hybridized carbons (Fsp3) is 0.600. The molecule has 0 spiro atoms. The molecular weight excluding hydrogens is 493 g/mol. The number of nitrogens with one attached hydrogen (secondary N) is 1. The molecule has 28 heavy (non-hydrogen) atoms. The van der Waals surface area contributed by atoms with Crippen LogP contribution in [0.5, 0.6) is 5.75 Å². The van der Waals surface area contributed by atoms with Crippen LogP contribution in [0.2, 0.25) is 5.02 Å². The van der Waals surface area contributed by atoms with E-state index in [0.29, 0.717) is 24.8 Å². The summed E-state index contributed by atoms with van der Waals surface area (Å²) >= 11 is 6.07. The summed E-state index contributed by atoms with van der Waals surface area (Å²) in [6.45, 7) is 9.73. The molecule has 6 nitrogen and oxygen atoms in total. The van der Waals surface area contributed by atoms with E-state index in [2.05, 4.69) is 17.1 Å². The van der Waals surface area contributed by atoms with Crippen molar-refractivity contribution >= 4 is 47.5 Å². The average molecular weight is 524 g/mol. The topological polar surface area (TPSA) is 63.2 Å². The number of guanidine groups is 1. The number of esters is 1. The first-order valence-electron chi connectivity index (χ1n) is 9.70. The van der Waals surface area contributed by atoms with E-state index in [1.165, 1.54) is 0 Å². The highest BCUT2D eigenvalue weighted by Gasteiger charge is 2.27. The number of hydrogen-bond donors (Lipinski definition) is 1. The molecule has 0 aromatic heterocycles. The lowest BCUT2D eigenvalue weighted by Crippen LogP contribution is -2.46. The van der Waals surface area contributed by atoms with E-state index in [4.69, 9.17) is 26.1 Å². The molecule has 0 aliphatic carbocycles. The Labute approximate surface area is 190 Å². The summed E-state index contributed by atoms with van der Waals surface area (Å²) in [5, 5.41) is 4.00. The van der Waals surface area contributed by atoms with Crippen LogP contribution in [0.4, 0.5) is 0 Å². The quantitative estimate of drug-likeness (QED) is 0.252. The number of halogens is 2. The normalized spacial score (nSPS) is 15.0. The van der Waals surface area contributed by atoms with Crippen LogP contribution in [0.3, 0.4) is 0 Å². The van der Waals surface area contributed by atoms with E-state index in [1.54, 1.807) is 0 Å². The second-order valence-electron chi connectivity index (χ2n) is 6.37. The lowest BCUT2D eigenvalue weighted by Gasteiger charge is -2.33. The summed E-state index contributed by atoms with van der Waals surface area (Å²) in [4.78, 5) is 18.9. The van der Waals surface area contributed by atoms with Gasteiger partial charge in [-0.1, -0.05) is 17.7 Å².